The van der Waals surface area contributed by atoms with Gasteiger partial charge in [-0.1, -0.05) is 42.6 Å². The summed E-state index contributed by atoms with van der Waals surface area (Å²) in [6.45, 7) is 4.43. The fraction of sp³-hybridized carbons (Fsp3) is 0.176. The normalized spacial score (nSPS) is 10.5. The quantitative estimate of drug-likeness (QED) is 0.792. The van der Waals surface area contributed by atoms with E-state index in [1.54, 1.807) is 23.5 Å². The maximum absolute atomic E-state index is 5.55. The predicted octanol–water partition coefficient (Wildman–Crippen LogP) is 4.56. The Labute approximate surface area is 129 Å². The minimum Gasteiger partial charge on any atom is -0.326 e. The molecule has 1 nitrogen and oxygen atoms in total. The second-order valence-corrected chi connectivity index (χ2v) is 6.65. The van der Waals surface area contributed by atoms with Crippen LogP contribution in [0.1, 0.15) is 11.1 Å². The van der Waals surface area contributed by atoms with E-state index >= 15 is 0 Å². The summed E-state index contributed by atoms with van der Waals surface area (Å²) in [5.74, 6) is 0. The standard InChI is InChI=1S/C17H19NS2/c1-13(12-18)20-17-9-5-15(6-10-17)11-14-3-7-16(19-2)8-4-14/h3-10H,1,11-12,18H2,2H3. The molecule has 0 saturated carbocycles. The highest BCUT2D eigenvalue weighted by molar-refractivity contribution is 8.03. The lowest BCUT2D eigenvalue weighted by Crippen LogP contribution is -1.98. The number of benzene rings is 2. The third kappa shape index (κ3) is 4.44. The average molecular weight is 301 g/mol. The van der Waals surface area contributed by atoms with E-state index in [9.17, 15) is 0 Å². The molecule has 0 spiro atoms. The van der Waals surface area contributed by atoms with E-state index in [1.807, 2.05) is 0 Å². The van der Waals surface area contributed by atoms with Gasteiger partial charge in [-0.2, -0.15) is 0 Å². The molecule has 2 N–H and O–H groups in total. The van der Waals surface area contributed by atoms with Crippen LogP contribution < -0.4 is 5.73 Å². The molecule has 0 saturated heterocycles. The van der Waals surface area contributed by atoms with Crippen LogP contribution in [0.5, 0.6) is 0 Å². The molecule has 0 atom stereocenters. The van der Waals surface area contributed by atoms with Gasteiger partial charge in [0.05, 0.1) is 0 Å². The Balaban J connectivity index is 2.00. The van der Waals surface area contributed by atoms with E-state index in [0.29, 0.717) is 6.54 Å². The third-order valence-electron chi connectivity index (χ3n) is 2.98. The number of thioether (sulfide) groups is 2. The lowest BCUT2D eigenvalue weighted by molar-refractivity contribution is 1.17. The summed E-state index contributed by atoms with van der Waals surface area (Å²) in [7, 11) is 0. The highest BCUT2D eigenvalue weighted by Gasteiger charge is 2.00. The van der Waals surface area contributed by atoms with Crippen molar-refractivity contribution in [2.45, 2.75) is 16.2 Å². The molecule has 0 aliphatic heterocycles. The molecule has 20 heavy (non-hydrogen) atoms. The van der Waals surface area contributed by atoms with Crippen molar-refractivity contribution < 1.29 is 0 Å². The zero-order chi connectivity index (χ0) is 14.4. The van der Waals surface area contributed by atoms with Crippen molar-refractivity contribution in [3.05, 3.63) is 71.1 Å². The molecule has 0 amide bonds. The molecular formula is C17H19NS2. The number of hydrogen-bond donors (Lipinski definition) is 1. The highest BCUT2D eigenvalue weighted by atomic mass is 32.2. The van der Waals surface area contributed by atoms with E-state index in [2.05, 4.69) is 61.4 Å². The first-order valence-corrected chi connectivity index (χ1v) is 8.53. The third-order valence-corrected chi connectivity index (χ3v) is 4.69. The summed E-state index contributed by atoms with van der Waals surface area (Å²) < 4.78 is 0. The Bertz CT molecular complexity index is 559. The predicted molar refractivity (Wildman–Crippen MR) is 91.5 cm³/mol. The van der Waals surface area contributed by atoms with Crippen LogP contribution in [0.15, 0.2) is 69.8 Å². The molecule has 3 heteroatoms. The Morgan fingerprint density at radius 3 is 1.90 bits per heavy atom. The second-order valence-electron chi connectivity index (χ2n) is 4.51. The minimum absolute atomic E-state index is 0.522. The molecular weight excluding hydrogens is 282 g/mol. The van der Waals surface area contributed by atoms with Gasteiger partial charge in [-0.25, -0.2) is 0 Å². The summed E-state index contributed by atoms with van der Waals surface area (Å²) in [5.41, 5.74) is 8.22. The molecule has 2 aromatic rings. The van der Waals surface area contributed by atoms with Crippen LogP contribution in [0.4, 0.5) is 0 Å². The Morgan fingerprint density at radius 1 is 0.950 bits per heavy atom. The zero-order valence-corrected chi connectivity index (χ0v) is 13.3. The van der Waals surface area contributed by atoms with Crippen LogP contribution in [0, 0.1) is 0 Å². The SMILES string of the molecule is C=C(CN)Sc1ccc(Cc2ccc(SC)cc2)cc1. The van der Waals surface area contributed by atoms with Crippen molar-refractivity contribution in [3.63, 3.8) is 0 Å². The highest BCUT2D eigenvalue weighted by Crippen LogP contribution is 2.25. The maximum atomic E-state index is 5.55. The van der Waals surface area contributed by atoms with Gasteiger partial charge in [0, 0.05) is 16.3 Å². The van der Waals surface area contributed by atoms with Gasteiger partial charge >= 0.3 is 0 Å². The molecule has 0 unspecified atom stereocenters. The van der Waals surface area contributed by atoms with Crippen LogP contribution >= 0.6 is 23.5 Å². The van der Waals surface area contributed by atoms with Crippen LogP contribution in [-0.4, -0.2) is 12.8 Å². The van der Waals surface area contributed by atoms with E-state index in [0.717, 1.165) is 11.3 Å². The van der Waals surface area contributed by atoms with E-state index in [4.69, 9.17) is 5.73 Å². The fourth-order valence-corrected chi connectivity index (χ4v) is 2.96. The molecule has 104 valence electrons. The summed E-state index contributed by atoms with van der Waals surface area (Å²) >= 11 is 3.41. The van der Waals surface area contributed by atoms with Gasteiger partial charge in [0.1, 0.15) is 0 Å². The van der Waals surface area contributed by atoms with Gasteiger partial charge in [-0.05, 0) is 53.0 Å². The first kappa shape index (κ1) is 15.2. The number of rotatable bonds is 6. The number of nitrogens with two attached hydrogens (primary N) is 1. The van der Waals surface area contributed by atoms with Gasteiger partial charge in [-0.3, -0.25) is 0 Å². The lowest BCUT2D eigenvalue weighted by atomic mass is 10.1. The molecule has 0 aromatic heterocycles. The van der Waals surface area contributed by atoms with Gasteiger partial charge < -0.3 is 5.73 Å². The summed E-state index contributed by atoms with van der Waals surface area (Å²) in [4.78, 5) is 3.49. The summed E-state index contributed by atoms with van der Waals surface area (Å²) in [6.07, 6.45) is 3.07. The van der Waals surface area contributed by atoms with Crippen molar-refractivity contribution in [1.29, 1.82) is 0 Å². The first-order chi connectivity index (χ1) is 9.71. The zero-order valence-electron chi connectivity index (χ0n) is 11.6. The molecule has 0 aliphatic rings. The molecule has 0 radical (unpaired) electrons. The lowest BCUT2D eigenvalue weighted by Gasteiger charge is -2.06. The van der Waals surface area contributed by atoms with Crippen LogP contribution in [0.2, 0.25) is 0 Å². The maximum Gasteiger partial charge on any atom is 0.0236 e. The average Bonchev–Trinajstić information content (AvgIpc) is 2.50. The van der Waals surface area contributed by atoms with Crippen molar-refractivity contribution in [2.24, 2.45) is 5.73 Å². The molecule has 0 bridgehead atoms. The Morgan fingerprint density at radius 2 is 1.45 bits per heavy atom. The molecule has 0 fully saturated rings. The topological polar surface area (TPSA) is 26.0 Å². The molecule has 0 aliphatic carbocycles. The van der Waals surface area contributed by atoms with Crippen LogP contribution in [0.25, 0.3) is 0 Å². The fourth-order valence-electron chi connectivity index (χ4n) is 1.86. The molecule has 2 aromatic carbocycles. The monoisotopic (exact) mass is 301 g/mol. The summed E-state index contributed by atoms with van der Waals surface area (Å²) in [6, 6.07) is 17.4. The van der Waals surface area contributed by atoms with Crippen LogP contribution in [-0.2, 0) is 6.42 Å². The van der Waals surface area contributed by atoms with E-state index < -0.39 is 0 Å². The second kappa shape index (κ2) is 7.58. The Kier molecular flexibility index (Phi) is 5.77. The van der Waals surface area contributed by atoms with Crippen molar-refractivity contribution in [1.82, 2.24) is 0 Å². The van der Waals surface area contributed by atoms with E-state index in [-0.39, 0.29) is 0 Å². The largest absolute Gasteiger partial charge is 0.326 e. The minimum atomic E-state index is 0.522. The van der Waals surface area contributed by atoms with Crippen LogP contribution in [0.3, 0.4) is 0 Å². The molecule has 0 heterocycles. The van der Waals surface area contributed by atoms with E-state index in [1.165, 1.54) is 20.9 Å². The smallest absolute Gasteiger partial charge is 0.0236 e. The Hall–Kier alpha value is -1.16. The van der Waals surface area contributed by atoms with Gasteiger partial charge in [0.15, 0.2) is 0 Å². The molecule has 2 rings (SSSR count). The van der Waals surface area contributed by atoms with Crippen molar-refractivity contribution >= 4 is 23.5 Å². The van der Waals surface area contributed by atoms with Crippen molar-refractivity contribution in [2.75, 3.05) is 12.8 Å². The van der Waals surface area contributed by atoms with Gasteiger partial charge in [0.25, 0.3) is 0 Å². The van der Waals surface area contributed by atoms with Gasteiger partial charge in [-0.15, -0.1) is 11.8 Å². The summed E-state index contributed by atoms with van der Waals surface area (Å²) in [5, 5.41) is 0. The first-order valence-electron chi connectivity index (χ1n) is 6.49. The number of hydrogen-bond acceptors (Lipinski definition) is 3. The van der Waals surface area contributed by atoms with Gasteiger partial charge in [0.2, 0.25) is 0 Å². The van der Waals surface area contributed by atoms with Crippen molar-refractivity contribution in [3.8, 4) is 0 Å².